The molecule has 1 aromatic heterocycles. The minimum Gasteiger partial charge on any atom is -0.338 e. The van der Waals surface area contributed by atoms with Crippen molar-refractivity contribution in [1.82, 2.24) is 14.9 Å². The standard InChI is InChI=1S/C8H9N3O2/c12-7-6(4-9-5-10-7)8(13)11-2-1-3-11/h4-5H,1-3H2,(H,9,10,12). The van der Waals surface area contributed by atoms with Crippen molar-refractivity contribution in [3.8, 4) is 0 Å². The Labute approximate surface area is 74.4 Å². The molecule has 0 spiro atoms. The van der Waals surface area contributed by atoms with Gasteiger partial charge in [0.15, 0.2) is 0 Å². The first-order chi connectivity index (χ1) is 6.29. The molecule has 0 atom stereocenters. The van der Waals surface area contributed by atoms with E-state index in [9.17, 15) is 9.59 Å². The molecule has 0 saturated carbocycles. The summed E-state index contributed by atoms with van der Waals surface area (Å²) in [7, 11) is 0. The summed E-state index contributed by atoms with van der Waals surface area (Å²) in [6, 6.07) is 0. The molecule has 1 aliphatic rings. The summed E-state index contributed by atoms with van der Waals surface area (Å²) in [6.07, 6.45) is 3.60. The summed E-state index contributed by atoms with van der Waals surface area (Å²) < 4.78 is 0. The zero-order valence-electron chi connectivity index (χ0n) is 6.99. The van der Waals surface area contributed by atoms with Gasteiger partial charge in [-0.3, -0.25) is 9.59 Å². The lowest BCUT2D eigenvalue weighted by molar-refractivity contribution is 0.0649. The van der Waals surface area contributed by atoms with Gasteiger partial charge in [-0.2, -0.15) is 0 Å². The van der Waals surface area contributed by atoms with Gasteiger partial charge < -0.3 is 9.88 Å². The van der Waals surface area contributed by atoms with Crippen LogP contribution in [0, 0.1) is 0 Å². The molecule has 1 fully saturated rings. The number of H-pyrrole nitrogens is 1. The molecule has 2 rings (SSSR count). The molecule has 0 bridgehead atoms. The summed E-state index contributed by atoms with van der Waals surface area (Å²) in [5, 5.41) is 0. The van der Waals surface area contributed by atoms with Gasteiger partial charge in [0, 0.05) is 19.3 Å². The lowest BCUT2D eigenvalue weighted by atomic mass is 10.2. The Kier molecular flexibility index (Phi) is 1.84. The van der Waals surface area contributed by atoms with Crippen LogP contribution in [0.4, 0.5) is 0 Å². The molecule has 1 amide bonds. The molecule has 13 heavy (non-hydrogen) atoms. The lowest BCUT2D eigenvalue weighted by Crippen LogP contribution is -2.43. The first-order valence-electron chi connectivity index (χ1n) is 4.11. The molecule has 1 aromatic rings. The van der Waals surface area contributed by atoms with Crippen LogP contribution in [0.2, 0.25) is 0 Å². The van der Waals surface area contributed by atoms with Crippen molar-refractivity contribution in [2.24, 2.45) is 0 Å². The number of aromatic nitrogens is 2. The molecule has 1 aliphatic heterocycles. The molecule has 0 aliphatic carbocycles. The van der Waals surface area contributed by atoms with Crippen molar-refractivity contribution in [2.45, 2.75) is 6.42 Å². The fourth-order valence-corrected chi connectivity index (χ4v) is 1.19. The summed E-state index contributed by atoms with van der Waals surface area (Å²) in [6.45, 7) is 1.49. The molecule has 2 heterocycles. The van der Waals surface area contributed by atoms with Gasteiger partial charge in [-0.05, 0) is 6.42 Å². The van der Waals surface area contributed by atoms with Crippen LogP contribution in [0.1, 0.15) is 16.8 Å². The van der Waals surface area contributed by atoms with E-state index >= 15 is 0 Å². The van der Waals surface area contributed by atoms with E-state index in [4.69, 9.17) is 0 Å². The molecule has 0 unspecified atom stereocenters. The lowest BCUT2D eigenvalue weighted by Gasteiger charge is -2.30. The van der Waals surface area contributed by atoms with E-state index < -0.39 is 0 Å². The first-order valence-corrected chi connectivity index (χ1v) is 4.11. The third kappa shape index (κ3) is 1.32. The van der Waals surface area contributed by atoms with Crippen molar-refractivity contribution in [3.63, 3.8) is 0 Å². The van der Waals surface area contributed by atoms with Gasteiger partial charge in [0.1, 0.15) is 5.56 Å². The smallest absolute Gasteiger partial charge is 0.263 e. The molecule has 5 heteroatoms. The average Bonchev–Trinajstić information content (AvgIpc) is 2.01. The van der Waals surface area contributed by atoms with E-state index in [1.165, 1.54) is 12.5 Å². The Morgan fingerprint density at radius 3 is 2.85 bits per heavy atom. The molecule has 0 radical (unpaired) electrons. The van der Waals surface area contributed by atoms with E-state index in [1.807, 2.05) is 0 Å². The highest BCUT2D eigenvalue weighted by Crippen LogP contribution is 2.08. The highest BCUT2D eigenvalue weighted by Gasteiger charge is 2.23. The van der Waals surface area contributed by atoms with Crippen LogP contribution in [0.15, 0.2) is 17.3 Å². The van der Waals surface area contributed by atoms with E-state index in [1.54, 1.807) is 4.90 Å². The quantitative estimate of drug-likeness (QED) is 0.638. The fourth-order valence-electron chi connectivity index (χ4n) is 1.19. The van der Waals surface area contributed by atoms with Crippen molar-refractivity contribution < 1.29 is 4.79 Å². The summed E-state index contributed by atoms with van der Waals surface area (Å²) in [4.78, 5) is 30.4. The van der Waals surface area contributed by atoms with E-state index in [2.05, 4.69) is 9.97 Å². The number of rotatable bonds is 1. The van der Waals surface area contributed by atoms with Crippen LogP contribution in [-0.2, 0) is 0 Å². The van der Waals surface area contributed by atoms with E-state index in [0.29, 0.717) is 0 Å². The summed E-state index contributed by atoms with van der Waals surface area (Å²) >= 11 is 0. The minimum absolute atomic E-state index is 0.127. The second kappa shape index (κ2) is 3.01. The van der Waals surface area contributed by atoms with Gasteiger partial charge in [0.2, 0.25) is 0 Å². The SMILES string of the molecule is O=C(c1cnc[nH]c1=O)N1CCC1. The maximum Gasteiger partial charge on any atom is 0.263 e. The molecule has 1 saturated heterocycles. The normalized spacial score (nSPS) is 15.2. The van der Waals surface area contributed by atoms with Gasteiger partial charge in [0.05, 0.1) is 6.33 Å². The van der Waals surface area contributed by atoms with Gasteiger partial charge in [0.25, 0.3) is 11.5 Å². The van der Waals surface area contributed by atoms with Crippen molar-refractivity contribution in [3.05, 3.63) is 28.4 Å². The minimum atomic E-state index is -0.369. The van der Waals surface area contributed by atoms with Gasteiger partial charge in [-0.25, -0.2) is 4.98 Å². The predicted molar refractivity (Wildman–Crippen MR) is 45.4 cm³/mol. The van der Waals surface area contributed by atoms with Crippen LogP contribution in [0.5, 0.6) is 0 Å². The molecule has 68 valence electrons. The Morgan fingerprint density at radius 1 is 1.54 bits per heavy atom. The van der Waals surface area contributed by atoms with Gasteiger partial charge in [-0.1, -0.05) is 0 Å². The van der Waals surface area contributed by atoms with E-state index in [-0.39, 0.29) is 17.0 Å². The second-order valence-corrected chi connectivity index (χ2v) is 2.94. The molecule has 1 N–H and O–H groups in total. The van der Waals surface area contributed by atoms with Crippen molar-refractivity contribution in [2.75, 3.05) is 13.1 Å². The molecule has 0 aromatic carbocycles. The number of nitrogens with one attached hydrogen (secondary N) is 1. The zero-order valence-corrected chi connectivity index (χ0v) is 6.99. The summed E-state index contributed by atoms with van der Waals surface area (Å²) in [5.41, 5.74) is -0.242. The van der Waals surface area contributed by atoms with Crippen molar-refractivity contribution >= 4 is 5.91 Å². The Hall–Kier alpha value is -1.65. The van der Waals surface area contributed by atoms with Crippen LogP contribution >= 0.6 is 0 Å². The highest BCUT2D eigenvalue weighted by atomic mass is 16.2. The number of likely N-dealkylation sites (tertiary alicyclic amines) is 1. The van der Waals surface area contributed by atoms with Crippen LogP contribution < -0.4 is 5.56 Å². The molecular formula is C8H9N3O2. The number of carbonyl (C=O) groups excluding carboxylic acids is 1. The average molecular weight is 179 g/mol. The zero-order chi connectivity index (χ0) is 9.26. The number of aromatic amines is 1. The third-order valence-electron chi connectivity index (χ3n) is 2.09. The highest BCUT2D eigenvalue weighted by molar-refractivity contribution is 5.93. The molecule has 5 nitrogen and oxygen atoms in total. The predicted octanol–water partition coefficient (Wildman–Crippen LogP) is -0.384. The number of hydrogen-bond donors (Lipinski definition) is 1. The summed E-state index contributed by atoms with van der Waals surface area (Å²) in [5.74, 6) is -0.222. The first kappa shape index (κ1) is 7.97. The van der Waals surface area contributed by atoms with E-state index in [0.717, 1.165) is 19.5 Å². The number of hydrogen-bond acceptors (Lipinski definition) is 3. The monoisotopic (exact) mass is 179 g/mol. The second-order valence-electron chi connectivity index (χ2n) is 2.94. The van der Waals surface area contributed by atoms with Crippen LogP contribution in [0.3, 0.4) is 0 Å². The molecular weight excluding hydrogens is 170 g/mol. The number of amides is 1. The maximum atomic E-state index is 11.5. The van der Waals surface area contributed by atoms with Crippen LogP contribution in [0.25, 0.3) is 0 Å². The Balaban J connectivity index is 2.29. The van der Waals surface area contributed by atoms with Gasteiger partial charge >= 0.3 is 0 Å². The Bertz CT molecular complexity index is 381. The fraction of sp³-hybridized carbons (Fsp3) is 0.375. The van der Waals surface area contributed by atoms with Crippen molar-refractivity contribution in [1.29, 1.82) is 0 Å². The number of nitrogens with zero attached hydrogens (tertiary/aromatic N) is 2. The Morgan fingerprint density at radius 2 is 2.31 bits per heavy atom. The number of carbonyl (C=O) groups is 1. The van der Waals surface area contributed by atoms with Crippen LogP contribution in [-0.4, -0.2) is 33.9 Å². The largest absolute Gasteiger partial charge is 0.338 e. The third-order valence-corrected chi connectivity index (χ3v) is 2.09. The maximum absolute atomic E-state index is 11.5. The van der Waals surface area contributed by atoms with Gasteiger partial charge in [-0.15, -0.1) is 0 Å². The topological polar surface area (TPSA) is 66.1 Å².